The van der Waals surface area contributed by atoms with Crippen LogP contribution in [0, 0.1) is 0 Å². The molecule has 0 unspecified atom stereocenters. The number of benzene rings is 1. The number of nitrogens with two attached hydrogens (primary N) is 1. The normalized spacial score (nSPS) is 11.4. The topological polar surface area (TPSA) is 92.3 Å². The summed E-state index contributed by atoms with van der Waals surface area (Å²) in [6.45, 7) is 6.15. The van der Waals surface area contributed by atoms with Gasteiger partial charge in [0, 0.05) is 6.42 Å². The minimum Gasteiger partial charge on any atom is -0.493 e. The molecule has 1 aromatic carbocycles. The molecular formula is C18H26N4O3. The molecule has 25 heavy (non-hydrogen) atoms. The Balaban J connectivity index is 2.22. The minimum absolute atomic E-state index is 0.0481. The second-order valence-electron chi connectivity index (χ2n) is 6.86. The monoisotopic (exact) mass is 346 g/mol. The third-order valence-corrected chi connectivity index (χ3v) is 3.77. The van der Waals surface area contributed by atoms with E-state index in [2.05, 4.69) is 30.9 Å². The highest BCUT2D eigenvalue weighted by atomic mass is 16.5. The predicted molar refractivity (Wildman–Crippen MR) is 94.9 cm³/mol. The van der Waals surface area contributed by atoms with E-state index in [1.807, 2.05) is 22.9 Å². The molecule has 7 heteroatoms. The summed E-state index contributed by atoms with van der Waals surface area (Å²) < 4.78 is 12.5. The van der Waals surface area contributed by atoms with Gasteiger partial charge in [-0.25, -0.2) is 9.67 Å². The van der Waals surface area contributed by atoms with Crippen molar-refractivity contribution in [2.45, 2.75) is 45.6 Å². The van der Waals surface area contributed by atoms with Crippen LogP contribution in [0.5, 0.6) is 11.5 Å². The van der Waals surface area contributed by atoms with Crippen LogP contribution in [0.2, 0.25) is 0 Å². The molecule has 2 N–H and O–H groups in total. The van der Waals surface area contributed by atoms with Gasteiger partial charge in [0.25, 0.3) is 0 Å². The number of hydrogen-bond donors (Lipinski definition) is 1. The fraction of sp³-hybridized carbons (Fsp3) is 0.500. The van der Waals surface area contributed by atoms with Gasteiger partial charge in [-0.1, -0.05) is 6.07 Å². The van der Waals surface area contributed by atoms with Crippen molar-refractivity contribution in [3.05, 3.63) is 35.4 Å². The highest BCUT2D eigenvalue weighted by molar-refractivity contribution is 5.75. The third-order valence-electron chi connectivity index (χ3n) is 3.77. The lowest BCUT2D eigenvalue weighted by Gasteiger charge is -2.21. The predicted octanol–water partition coefficient (Wildman–Crippen LogP) is 1.86. The maximum Gasteiger partial charge on any atom is 0.225 e. The summed E-state index contributed by atoms with van der Waals surface area (Å²) in [5, 5.41) is 4.46. The van der Waals surface area contributed by atoms with Gasteiger partial charge in [-0.3, -0.25) is 4.79 Å². The molecule has 7 nitrogen and oxygen atoms in total. The van der Waals surface area contributed by atoms with Gasteiger partial charge in [0.2, 0.25) is 5.91 Å². The smallest absolute Gasteiger partial charge is 0.225 e. The Bertz CT molecular complexity index is 747. The molecule has 136 valence electrons. The molecule has 0 bridgehead atoms. The van der Waals surface area contributed by atoms with Crippen LogP contribution < -0.4 is 15.2 Å². The van der Waals surface area contributed by atoms with E-state index < -0.39 is 5.91 Å². The molecule has 0 radical (unpaired) electrons. The standard InChI is InChI=1S/C18H26N4O3/c1-18(2,3)22-17(20-16(21-22)11-15(19)23)9-7-12-6-8-13(24-4)14(10-12)25-5/h6,8,10H,7,9,11H2,1-5H3,(H2,19,23). The molecule has 0 spiro atoms. The molecule has 1 heterocycles. The number of aromatic nitrogens is 3. The van der Waals surface area contributed by atoms with Crippen molar-refractivity contribution in [1.82, 2.24) is 14.8 Å². The number of nitrogens with zero attached hydrogens (tertiary/aromatic N) is 3. The molecule has 2 rings (SSSR count). The summed E-state index contributed by atoms with van der Waals surface area (Å²) in [6.07, 6.45) is 1.51. The van der Waals surface area contributed by atoms with Gasteiger partial charge in [-0.15, -0.1) is 0 Å². The van der Waals surface area contributed by atoms with Gasteiger partial charge in [-0.05, 0) is 44.9 Å². The number of aryl methyl sites for hydroxylation is 2. The Morgan fingerprint density at radius 3 is 2.40 bits per heavy atom. The Kier molecular flexibility index (Phi) is 5.66. The summed E-state index contributed by atoms with van der Waals surface area (Å²) >= 11 is 0. The van der Waals surface area contributed by atoms with Gasteiger partial charge in [0.1, 0.15) is 5.82 Å². The van der Waals surface area contributed by atoms with E-state index in [4.69, 9.17) is 15.2 Å². The largest absolute Gasteiger partial charge is 0.493 e. The number of carbonyl (C=O) groups is 1. The van der Waals surface area contributed by atoms with Crippen LogP contribution >= 0.6 is 0 Å². The first kappa shape index (κ1) is 18.8. The van der Waals surface area contributed by atoms with Gasteiger partial charge >= 0.3 is 0 Å². The molecule has 0 fully saturated rings. The maximum atomic E-state index is 11.2. The van der Waals surface area contributed by atoms with Gasteiger partial charge < -0.3 is 15.2 Å². The second-order valence-corrected chi connectivity index (χ2v) is 6.86. The zero-order valence-electron chi connectivity index (χ0n) is 15.5. The molecule has 1 aromatic heterocycles. The molecule has 0 saturated heterocycles. The first-order valence-electron chi connectivity index (χ1n) is 8.19. The molecule has 0 aliphatic carbocycles. The number of carbonyl (C=O) groups excluding carboxylic acids is 1. The molecule has 0 aliphatic rings. The molecule has 0 atom stereocenters. The first-order valence-corrected chi connectivity index (χ1v) is 8.19. The van der Waals surface area contributed by atoms with E-state index in [9.17, 15) is 4.79 Å². The number of methoxy groups -OCH3 is 2. The van der Waals surface area contributed by atoms with Crippen molar-refractivity contribution in [2.24, 2.45) is 5.73 Å². The molecular weight excluding hydrogens is 320 g/mol. The number of rotatable bonds is 7. The minimum atomic E-state index is -0.433. The Morgan fingerprint density at radius 2 is 1.84 bits per heavy atom. The third kappa shape index (κ3) is 4.71. The van der Waals surface area contributed by atoms with Crippen LogP contribution in [0.3, 0.4) is 0 Å². The molecule has 2 aromatic rings. The lowest BCUT2D eigenvalue weighted by molar-refractivity contribution is -0.117. The van der Waals surface area contributed by atoms with Crippen LogP contribution in [-0.4, -0.2) is 34.9 Å². The first-order chi connectivity index (χ1) is 11.7. The Morgan fingerprint density at radius 1 is 1.16 bits per heavy atom. The zero-order valence-corrected chi connectivity index (χ0v) is 15.5. The van der Waals surface area contributed by atoms with Crippen molar-refractivity contribution in [1.29, 1.82) is 0 Å². The van der Waals surface area contributed by atoms with Crippen LogP contribution in [0.1, 0.15) is 38.0 Å². The highest BCUT2D eigenvalue weighted by Crippen LogP contribution is 2.28. The van der Waals surface area contributed by atoms with E-state index in [0.717, 1.165) is 17.8 Å². The number of amides is 1. The van der Waals surface area contributed by atoms with Crippen LogP contribution in [0.15, 0.2) is 18.2 Å². The maximum absolute atomic E-state index is 11.2. The van der Waals surface area contributed by atoms with E-state index in [0.29, 0.717) is 23.7 Å². The van der Waals surface area contributed by atoms with Crippen LogP contribution in [0.25, 0.3) is 0 Å². The van der Waals surface area contributed by atoms with Crippen molar-refractivity contribution >= 4 is 5.91 Å². The molecule has 1 amide bonds. The SMILES string of the molecule is COc1ccc(CCc2nc(CC(N)=O)nn2C(C)(C)C)cc1OC. The van der Waals surface area contributed by atoms with Crippen molar-refractivity contribution < 1.29 is 14.3 Å². The Hall–Kier alpha value is -2.57. The van der Waals surface area contributed by atoms with Gasteiger partial charge in [0.15, 0.2) is 17.3 Å². The quantitative estimate of drug-likeness (QED) is 0.826. The number of primary amides is 1. The molecule has 0 saturated carbocycles. The van der Waals surface area contributed by atoms with Gasteiger partial charge in [-0.2, -0.15) is 5.10 Å². The van der Waals surface area contributed by atoms with Crippen LogP contribution in [-0.2, 0) is 29.6 Å². The summed E-state index contributed by atoms with van der Waals surface area (Å²) in [6, 6.07) is 5.85. The summed E-state index contributed by atoms with van der Waals surface area (Å²) in [4.78, 5) is 15.7. The average molecular weight is 346 g/mol. The summed E-state index contributed by atoms with van der Waals surface area (Å²) in [5.41, 5.74) is 6.15. The Labute approximate surface area is 148 Å². The summed E-state index contributed by atoms with van der Waals surface area (Å²) in [5.74, 6) is 2.26. The highest BCUT2D eigenvalue weighted by Gasteiger charge is 2.21. The van der Waals surface area contributed by atoms with Crippen LogP contribution in [0.4, 0.5) is 0 Å². The fourth-order valence-electron chi connectivity index (χ4n) is 2.61. The average Bonchev–Trinajstić information content (AvgIpc) is 2.94. The van der Waals surface area contributed by atoms with Crippen molar-refractivity contribution in [3.63, 3.8) is 0 Å². The van der Waals surface area contributed by atoms with E-state index in [1.165, 1.54) is 0 Å². The van der Waals surface area contributed by atoms with Crippen molar-refractivity contribution in [2.75, 3.05) is 14.2 Å². The number of hydrogen-bond acceptors (Lipinski definition) is 5. The lowest BCUT2D eigenvalue weighted by atomic mass is 10.1. The fourth-order valence-corrected chi connectivity index (χ4v) is 2.61. The van der Waals surface area contributed by atoms with Crippen molar-refractivity contribution in [3.8, 4) is 11.5 Å². The number of ether oxygens (including phenoxy) is 2. The lowest BCUT2D eigenvalue weighted by Crippen LogP contribution is -2.26. The second kappa shape index (κ2) is 7.55. The van der Waals surface area contributed by atoms with E-state index in [-0.39, 0.29) is 12.0 Å². The van der Waals surface area contributed by atoms with E-state index in [1.54, 1.807) is 14.2 Å². The van der Waals surface area contributed by atoms with Gasteiger partial charge in [0.05, 0.1) is 26.2 Å². The zero-order chi connectivity index (χ0) is 18.6. The van der Waals surface area contributed by atoms with E-state index >= 15 is 0 Å². The summed E-state index contributed by atoms with van der Waals surface area (Å²) in [7, 11) is 3.23. The molecule has 0 aliphatic heterocycles.